The lowest BCUT2D eigenvalue weighted by Crippen LogP contribution is -2.10. The molecule has 0 spiro atoms. The molecule has 0 saturated heterocycles. The summed E-state index contributed by atoms with van der Waals surface area (Å²) in [4.78, 5) is 10.7. The van der Waals surface area contributed by atoms with Gasteiger partial charge in [0.05, 0.1) is 13.2 Å². The number of unbranched alkanes of at least 4 members (excludes halogenated alkanes) is 1. The first kappa shape index (κ1) is 13.4. The van der Waals surface area contributed by atoms with E-state index in [1.165, 1.54) is 7.11 Å². The number of carbonyl (C=O) groups excluding carboxylic acids is 1. The fourth-order valence-corrected chi connectivity index (χ4v) is 1.15. The molecule has 1 N–H and O–H groups in total. The van der Waals surface area contributed by atoms with Crippen LogP contribution in [0.15, 0.2) is 0 Å². The Bertz CT molecular complexity index is 147. The number of aliphatic hydroxyl groups is 1. The van der Waals surface area contributed by atoms with Crippen molar-refractivity contribution in [3.63, 3.8) is 0 Å². The van der Waals surface area contributed by atoms with E-state index in [-0.39, 0.29) is 12.1 Å². The third kappa shape index (κ3) is 8.01. The van der Waals surface area contributed by atoms with E-state index in [1.807, 2.05) is 0 Å². The minimum absolute atomic E-state index is 0.184. The molecule has 84 valence electrons. The number of aliphatic hydroxyl groups excluding tert-OH is 1. The molecule has 0 aliphatic heterocycles. The van der Waals surface area contributed by atoms with Crippen LogP contribution in [0.25, 0.3) is 0 Å². The smallest absolute Gasteiger partial charge is 0.305 e. The lowest BCUT2D eigenvalue weighted by Gasteiger charge is -2.08. The maximum atomic E-state index is 10.7. The van der Waals surface area contributed by atoms with Gasteiger partial charge in [0, 0.05) is 20.1 Å². The summed E-state index contributed by atoms with van der Waals surface area (Å²) < 4.78 is 9.34. The Kier molecular flexibility index (Phi) is 8.57. The average Bonchev–Trinajstić information content (AvgIpc) is 2.21. The molecule has 0 aromatic heterocycles. The second-order valence-corrected chi connectivity index (χ2v) is 3.26. The molecule has 4 heteroatoms. The normalized spacial score (nSPS) is 12.5. The summed E-state index contributed by atoms with van der Waals surface area (Å²) in [5.74, 6) is -0.184. The minimum Gasteiger partial charge on any atom is -0.469 e. The Hall–Kier alpha value is -0.610. The molecule has 0 saturated carbocycles. The topological polar surface area (TPSA) is 55.8 Å². The third-order valence-corrected chi connectivity index (χ3v) is 2.05. The van der Waals surface area contributed by atoms with Crippen molar-refractivity contribution in [2.45, 2.75) is 38.2 Å². The van der Waals surface area contributed by atoms with Gasteiger partial charge >= 0.3 is 5.97 Å². The molecule has 1 atom stereocenters. The Labute approximate surface area is 85.2 Å². The molecule has 0 rings (SSSR count). The zero-order chi connectivity index (χ0) is 10.8. The van der Waals surface area contributed by atoms with Gasteiger partial charge in [-0.3, -0.25) is 4.79 Å². The largest absolute Gasteiger partial charge is 0.469 e. The fraction of sp³-hybridized carbons (Fsp3) is 0.900. The second kappa shape index (κ2) is 8.97. The first-order valence-corrected chi connectivity index (χ1v) is 4.94. The van der Waals surface area contributed by atoms with Crippen LogP contribution in [-0.4, -0.2) is 38.0 Å². The number of hydrogen-bond donors (Lipinski definition) is 1. The van der Waals surface area contributed by atoms with Gasteiger partial charge < -0.3 is 14.6 Å². The van der Waals surface area contributed by atoms with Gasteiger partial charge in [-0.2, -0.15) is 0 Å². The number of rotatable bonds is 8. The second-order valence-electron chi connectivity index (χ2n) is 3.26. The van der Waals surface area contributed by atoms with Crippen molar-refractivity contribution in [3.05, 3.63) is 0 Å². The van der Waals surface area contributed by atoms with Crippen LogP contribution in [0.5, 0.6) is 0 Å². The quantitative estimate of drug-likeness (QED) is 0.475. The molecule has 0 unspecified atom stereocenters. The Balaban J connectivity index is 3.22. The van der Waals surface area contributed by atoms with Crippen molar-refractivity contribution >= 4 is 5.97 Å². The van der Waals surface area contributed by atoms with Crippen molar-refractivity contribution in [1.82, 2.24) is 0 Å². The van der Waals surface area contributed by atoms with E-state index in [2.05, 4.69) is 4.74 Å². The molecular weight excluding hydrogens is 184 g/mol. The molecule has 0 amide bonds. The Morgan fingerprint density at radius 3 is 2.57 bits per heavy atom. The number of hydrogen-bond acceptors (Lipinski definition) is 4. The van der Waals surface area contributed by atoms with Crippen LogP contribution in [0.1, 0.15) is 32.1 Å². The minimum atomic E-state index is -0.312. The molecule has 0 radical (unpaired) electrons. The number of ether oxygens (including phenoxy) is 2. The summed E-state index contributed by atoms with van der Waals surface area (Å²) in [6.45, 7) is 0.582. The lowest BCUT2D eigenvalue weighted by atomic mass is 10.1. The van der Waals surface area contributed by atoms with Gasteiger partial charge in [-0.05, 0) is 19.3 Å². The molecule has 4 nitrogen and oxygen atoms in total. The highest BCUT2D eigenvalue weighted by Crippen LogP contribution is 2.06. The standard InChI is InChI=1S/C10H20O4/c1-13-8-7-9(11)5-3-4-6-10(12)14-2/h9,11H,3-8H2,1-2H3/t9-/m0/s1. The van der Waals surface area contributed by atoms with Crippen LogP contribution in [-0.2, 0) is 14.3 Å². The SMILES string of the molecule is COCC[C@@H](O)CCCCC(=O)OC. The summed E-state index contributed by atoms with van der Waals surface area (Å²) in [5, 5.41) is 9.41. The van der Waals surface area contributed by atoms with Crippen LogP contribution >= 0.6 is 0 Å². The predicted molar refractivity (Wildman–Crippen MR) is 53.0 cm³/mol. The average molecular weight is 204 g/mol. The monoisotopic (exact) mass is 204 g/mol. The van der Waals surface area contributed by atoms with Crippen LogP contribution in [0.4, 0.5) is 0 Å². The van der Waals surface area contributed by atoms with E-state index < -0.39 is 0 Å². The summed E-state index contributed by atoms with van der Waals surface area (Å²) in [7, 11) is 3.00. The molecule has 0 heterocycles. The van der Waals surface area contributed by atoms with Crippen LogP contribution < -0.4 is 0 Å². The Morgan fingerprint density at radius 2 is 2.00 bits per heavy atom. The summed E-state index contributed by atoms with van der Waals surface area (Å²) in [6.07, 6.45) is 3.13. The first-order chi connectivity index (χ1) is 6.70. The van der Waals surface area contributed by atoms with Crippen LogP contribution in [0, 0.1) is 0 Å². The van der Waals surface area contributed by atoms with Crippen LogP contribution in [0.2, 0.25) is 0 Å². The van der Waals surface area contributed by atoms with E-state index in [1.54, 1.807) is 7.11 Å². The van der Waals surface area contributed by atoms with Crippen molar-refractivity contribution in [1.29, 1.82) is 0 Å². The fourth-order valence-electron chi connectivity index (χ4n) is 1.15. The Morgan fingerprint density at radius 1 is 1.29 bits per heavy atom. The molecule has 0 aromatic rings. The van der Waals surface area contributed by atoms with Crippen molar-refractivity contribution in [2.24, 2.45) is 0 Å². The third-order valence-electron chi connectivity index (χ3n) is 2.05. The van der Waals surface area contributed by atoms with Gasteiger partial charge in [-0.25, -0.2) is 0 Å². The van der Waals surface area contributed by atoms with E-state index in [4.69, 9.17) is 4.74 Å². The van der Waals surface area contributed by atoms with Crippen molar-refractivity contribution in [2.75, 3.05) is 20.8 Å². The molecule has 0 bridgehead atoms. The zero-order valence-electron chi connectivity index (χ0n) is 8.99. The van der Waals surface area contributed by atoms with Gasteiger partial charge in [-0.1, -0.05) is 6.42 Å². The van der Waals surface area contributed by atoms with E-state index >= 15 is 0 Å². The van der Waals surface area contributed by atoms with E-state index in [0.717, 1.165) is 19.3 Å². The zero-order valence-corrected chi connectivity index (χ0v) is 8.99. The van der Waals surface area contributed by atoms with E-state index in [9.17, 15) is 9.90 Å². The number of carbonyl (C=O) groups is 1. The first-order valence-electron chi connectivity index (χ1n) is 4.94. The maximum absolute atomic E-state index is 10.7. The van der Waals surface area contributed by atoms with Gasteiger partial charge in [0.15, 0.2) is 0 Å². The van der Waals surface area contributed by atoms with Crippen molar-refractivity contribution in [3.8, 4) is 0 Å². The molecule has 0 aliphatic rings. The molecule has 14 heavy (non-hydrogen) atoms. The highest BCUT2D eigenvalue weighted by Gasteiger charge is 2.04. The van der Waals surface area contributed by atoms with E-state index in [0.29, 0.717) is 19.4 Å². The summed E-state index contributed by atoms with van der Waals surface area (Å²) in [5.41, 5.74) is 0. The molecule has 0 fully saturated rings. The lowest BCUT2D eigenvalue weighted by molar-refractivity contribution is -0.140. The molecule has 0 aliphatic carbocycles. The van der Waals surface area contributed by atoms with Gasteiger partial charge in [0.1, 0.15) is 0 Å². The maximum Gasteiger partial charge on any atom is 0.305 e. The molecular formula is C10H20O4. The van der Waals surface area contributed by atoms with Gasteiger partial charge in [0.2, 0.25) is 0 Å². The van der Waals surface area contributed by atoms with Gasteiger partial charge in [0.25, 0.3) is 0 Å². The summed E-state index contributed by atoms with van der Waals surface area (Å²) in [6, 6.07) is 0. The predicted octanol–water partition coefficient (Wildman–Crippen LogP) is 1.12. The number of esters is 1. The highest BCUT2D eigenvalue weighted by molar-refractivity contribution is 5.68. The summed E-state index contributed by atoms with van der Waals surface area (Å²) >= 11 is 0. The molecule has 0 aromatic carbocycles. The number of methoxy groups -OCH3 is 2. The van der Waals surface area contributed by atoms with Crippen LogP contribution in [0.3, 0.4) is 0 Å². The highest BCUT2D eigenvalue weighted by atomic mass is 16.5. The van der Waals surface area contributed by atoms with Crippen molar-refractivity contribution < 1.29 is 19.4 Å². The van der Waals surface area contributed by atoms with Gasteiger partial charge in [-0.15, -0.1) is 0 Å².